The quantitative estimate of drug-likeness (QED) is 0.763. The molecule has 1 aromatic rings. The summed E-state index contributed by atoms with van der Waals surface area (Å²) in [6, 6.07) is 7.13. The number of likely N-dealkylation sites (N-methyl/N-ethyl adjacent to an activating group) is 1. The first-order valence-electron chi connectivity index (χ1n) is 9.48. The van der Waals surface area contributed by atoms with Gasteiger partial charge < -0.3 is 19.9 Å². The molecule has 0 bridgehead atoms. The molecule has 3 rings (SSSR count). The average molecular weight is 388 g/mol. The number of urea groups is 1. The first kappa shape index (κ1) is 20.1. The van der Waals surface area contributed by atoms with Crippen molar-refractivity contribution in [3.63, 3.8) is 0 Å². The van der Waals surface area contributed by atoms with Crippen LogP contribution in [0.5, 0.6) is 5.75 Å². The molecule has 0 spiro atoms. The Morgan fingerprint density at radius 2 is 2.00 bits per heavy atom. The van der Waals surface area contributed by atoms with Crippen molar-refractivity contribution in [3.8, 4) is 5.75 Å². The van der Waals surface area contributed by atoms with Crippen molar-refractivity contribution < 1.29 is 19.1 Å². The van der Waals surface area contributed by atoms with Gasteiger partial charge in [0.25, 0.3) is 5.91 Å². The highest BCUT2D eigenvalue weighted by atomic mass is 16.5. The molecule has 4 amide bonds. The van der Waals surface area contributed by atoms with E-state index in [9.17, 15) is 14.4 Å². The fourth-order valence-corrected chi connectivity index (χ4v) is 3.60. The van der Waals surface area contributed by atoms with Gasteiger partial charge in [-0.25, -0.2) is 4.79 Å². The highest BCUT2D eigenvalue weighted by molar-refractivity contribution is 6.06. The van der Waals surface area contributed by atoms with E-state index in [4.69, 9.17) is 4.74 Å². The topological polar surface area (TPSA) is 82.2 Å². The number of amides is 4. The molecule has 28 heavy (non-hydrogen) atoms. The van der Waals surface area contributed by atoms with Crippen LogP contribution >= 0.6 is 0 Å². The minimum Gasteiger partial charge on any atom is -0.491 e. The zero-order chi connectivity index (χ0) is 20.5. The molecule has 1 aromatic carbocycles. The van der Waals surface area contributed by atoms with E-state index < -0.39 is 11.6 Å². The molecular weight excluding hydrogens is 360 g/mol. The molecule has 2 aliphatic heterocycles. The van der Waals surface area contributed by atoms with Gasteiger partial charge in [-0.1, -0.05) is 18.2 Å². The number of carbonyl (C=O) groups is 3. The molecule has 0 aliphatic carbocycles. The minimum atomic E-state index is -0.928. The maximum Gasteiger partial charge on any atom is 0.325 e. The fraction of sp³-hybridized carbons (Fsp3) is 0.550. The van der Waals surface area contributed by atoms with Gasteiger partial charge in [-0.2, -0.15) is 0 Å². The van der Waals surface area contributed by atoms with E-state index in [1.54, 1.807) is 18.7 Å². The Bertz CT molecular complexity index is 777. The third-order valence-corrected chi connectivity index (χ3v) is 5.08. The van der Waals surface area contributed by atoms with Gasteiger partial charge in [0.2, 0.25) is 5.91 Å². The predicted octanol–water partition coefficient (Wildman–Crippen LogP) is 1.06. The highest BCUT2D eigenvalue weighted by Gasteiger charge is 2.44. The summed E-state index contributed by atoms with van der Waals surface area (Å²) in [7, 11) is 3.91. The smallest absolute Gasteiger partial charge is 0.325 e. The Kier molecular flexibility index (Phi) is 5.60. The lowest BCUT2D eigenvalue weighted by molar-refractivity contribution is -0.136. The molecule has 2 heterocycles. The van der Waals surface area contributed by atoms with Crippen LogP contribution in [0.4, 0.5) is 4.79 Å². The molecule has 0 radical (unpaired) electrons. The Morgan fingerprint density at radius 1 is 1.29 bits per heavy atom. The van der Waals surface area contributed by atoms with Crippen molar-refractivity contribution in [1.29, 1.82) is 0 Å². The first-order chi connectivity index (χ1) is 13.2. The molecule has 0 aromatic heterocycles. The maximum atomic E-state index is 13.1. The molecule has 1 unspecified atom stereocenters. The van der Waals surface area contributed by atoms with Crippen molar-refractivity contribution in [3.05, 3.63) is 29.8 Å². The summed E-state index contributed by atoms with van der Waals surface area (Å²) in [6.07, 6.45) is 0.0847. The number of imide groups is 1. The van der Waals surface area contributed by atoms with E-state index in [0.29, 0.717) is 19.7 Å². The Labute approximate surface area is 165 Å². The summed E-state index contributed by atoms with van der Waals surface area (Å²) >= 11 is 0. The van der Waals surface area contributed by atoms with Gasteiger partial charge in [-0.15, -0.1) is 0 Å². The number of ether oxygens (including phenoxy) is 1. The lowest BCUT2D eigenvalue weighted by Crippen LogP contribution is -2.48. The predicted molar refractivity (Wildman–Crippen MR) is 104 cm³/mol. The SMILES string of the molecule is CN(C)CC1COc2ccccc2CN1C(=O)CCN1C(=O)NC(C)(C)C1=O. The summed E-state index contributed by atoms with van der Waals surface area (Å²) in [5.41, 5.74) is 0.0245. The van der Waals surface area contributed by atoms with Gasteiger partial charge in [0.05, 0.1) is 6.04 Å². The summed E-state index contributed by atoms with van der Waals surface area (Å²) in [5.74, 6) is 0.384. The Balaban J connectivity index is 1.73. The molecule has 1 saturated heterocycles. The summed E-state index contributed by atoms with van der Waals surface area (Å²) < 4.78 is 5.93. The van der Waals surface area contributed by atoms with E-state index in [0.717, 1.165) is 16.2 Å². The van der Waals surface area contributed by atoms with Crippen LogP contribution in [-0.4, -0.2) is 77.9 Å². The van der Waals surface area contributed by atoms with Crippen LogP contribution in [-0.2, 0) is 16.1 Å². The monoisotopic (exact) mass is 388 g/mol. The van der Waals surface area contributed by atoms with Gasteiger partial charge in [0.15, 0.2) is 0 Å². The molecule has 1 N–H and O–H groups in total. The number of nitrogens with zero attached hydrogens (tertiary/aromatic N) is 3. The number of rotatable bonds is 5. The first-order valence-corrected chi connectivity index (χ1v) is 9.48. The second-order valence-electron chi connectivity index (χ2n) is 8.12. The molecule has 2 aliphatic rings. The fourth-order valence-electron chi connectivity index (χ4n) is 3.60. The lowest BCUT2D eigenvalue weighted by atomic mass is 10.1. The van der Waals surface area contributed by atoms with Gasteiger partial charge >= 0.3 is 6.03 Å². The zero-order valence-corrected chi connectivity index (χ0v) is 16.9. The van der Waals surface area contributed by atoms with Gasteiger partial charge in [-0.3, -0.25) is 14.5 Å². The van der Waals surface area contributed by atoms with Crippen LogP contribution in [0.15, 0.2) is 24.3 Å². The molecule has 8 heteroatoms. The normalized spacial score (nSPS) is 21.2. The summed E-state index contributed by atoms with van der Waals surface area (Å²) in [6.45, 7) is 4.89. The van der Waals surface area contributed by atoms with Crippen LogP contribution in [0.3, 0.4) is 0 Å². The number of fused-ring (bicyclic) bond motifs is 1. The molecule has 1 fully saturated rings. The highest BCUT2D eigenvalue weighted by Crippen LogP contribution is 2.26. The van der Waals surface area contributed by atoms with Crippen molar-refractivity contribution in [2.24, 2.45) is 0 Å². The van der Waals surface area contributed by atoms with Crippen LogP contribution in [0.25, 0.3) is 0 Å². The van der Waals surface area contributed by atoms with Gasteiger partial charge in [-0.05, 0) is 34.0 Å². The van der Waals surface area contributed by atoms with E-state index in [2.05, 4.69) is 5.32 Å². The zero-order valence-electron chi connectivity index (χ0n) is 16.9. The molecule has 0 saturated carbocycles. The average Bonchev–Trinajstić information content (AvgIpc) is 2.75. The number of hydrogen-bond donors (Lipinski definition) is 1. The van der Waals surface area contributed by atoms with Crippen molar-refractivity contribution in [2.75, 3.05) is 33.8 Å². The van der Waals surface area contributed by atoms with E-state index in [1.165, 1.54) is 0 Å². The maximum absolute atomic E-state index is 13.1. The molecule has 8 nitrogen and oxygen atoms in total. The number of benzene rings is 1. The summed E-state index contributed by atoms with van der Waals surface area (Å²) in [4.78, 5) is 42.4. The third kappa shape index (κ3) is 4.11. The number of hydrogen-bond acceptors (Lipinski definition) is 5. The van der Waals surface area contributed by atoms with Crippen LogP contribution < -0.4 is 10.1 Å². The minimum absolute atomic E-state index is 0.0701. The van der Waals surface area contributed by atoms with E-state index in [-0.39, 0.29) is 30.8 Å². The van der Waals surface area contributed by atoms with E-state index in [1.807, 2.05) is 43.3 Å². The largest absolute Gasteiger partial charge is 0.491 e. The van der Waals surface area contributed by atoms with E-state index >= 15 is 0 Å². The Hall–Kier alpha value is -2.61. The number of nitrogens with one attached hydrogen (secondary N) is 1. The standard InChI is InChI=1S/C20H28N4O4/c1-20(2)18(26)23(19(27)21-20)10-9-17(25)24-11-14-7-5-6-8-16(14)28-13-15(24)12-22(3)4/h5-8,15H,9-13H2,1-4H3,(H,21,27). The number of carbonyl (C=O) groups excluding carboxylic acids is 3. The second kappa shape index (κ2) is 7.79. The van der Waals surface area contributed by atoms with Crippen molar-refractivity contribution in [1.82, 2.24) is 20.0 Å². The third-order valence-electron chi connectivity index (χ3n) is 5.08. The number of para-hydroxylation sites is 1. The van der Waals surface area contributed by atoms with Crippen molar-refractivity contribution >= 4 is 17.8 Å². The molecular formula is C20H28N4O4. The van der Waals surface area contributed by atoms with Crippen LogP contribution in [0.1, 0.15) is 25.8 Å². The Morgan fingerprint density at radius 3 is 2.64 bits per heavy atom. The van der Waals surface area contributed by atoms with Crippen LogP contribution in [0.2, 0.25) is 0 Å². The van der Waals surface area contributed by atoms with Gasteiger partial charge in [0, 0.05) is 31.6 Å². The second-order valence-corrected chi connectivity index (χ2v) is 8.12. The van der Waals surface area contributed by atoms with Gasteiger partial charge in [0.1, 0.15) is 17.9 Å². The van der Waals surface area contributed by atoms with Crippen molar-refractivity contribution in [2.45, 2.75) is 38.4 Å². The molecule has 1 atom stereocenters. The van der Waals surface area contributed by atoms with Crippen LogP contribution in [0, 0.1) is 0 Å². The lowest BCUT2D eigenvalue weighted by Gasteiger charge is -2.31. The summed E-state index contributed by atoms with van der Waals surface area (Å²) in [5, 5.41) is 2.64. The molecule has 152 valence electrons.